The highest BCUT2D eigenvalue weighted by Crippen LogP contribution is 2.19. The molecule has 2 rings (SSSR count). The number of nitrogens with two attached hydrogens (primary N) is 1. The first-order valence-corrected chi connectivity index (χ1v) is 8.26. The maximum absolute atomic E-state index is 12.0. The number of piperazine rings is 1. The Kier molecular flexibility index (Phi) is 6.49. The first-order chi connectivity index (χ1) is 10.6. The van der Waals surface area contributed by atoms with Crippen LogP contribution in [0.1, 0.15) is 23.7 Å². The van der Waals surface area contributed by atoms with E-state index in [2.05, 4.69) is 22.0 Å². The molecule has 6 heteroatoms. The predicted molar refractivity (Wildman–Crippen MR) is 91.4 cm³/mol. The van der Waals surface area contributed by atoms with Crippen molar-refractivity contribution < 1.29 is 4.79 Å². The molecule has 1 aromatic rings. The maximum Gasteiger partial charge on any atom is 0.251 e. The van der Waals surface area contributed by atoms with E-state index in [1.165, 1.54) is 0 Å². The van der Waals surface area contributed by atoms with E-state index in [0.29, 0.717) is 22.8 Å². The average molecular weight is 325 g/mol. The van der Waals surface area contributed by atoms with Gasteiger partial charge in [-0.3, -0.25) is 4.79 Å². The first-order valence-electron chi connectivity index (χ1n) is 7.88. The fourth-order valence-electron chi connectivity index (χ4n) is 2.62. The van der Waals surface area contributed by atoms with Crippen LogP contribution in [-0.4, -0.2) is 61.5 Å². The summed E-state index contributed by atoms with van der Waals surface area (Å²) in [6.45, 7) is 9.57. The molecule has 1 saturated heterocycles. The van der Waals surface area contributed by atoms with E-state index in [1.54, 1.807) is 18.2 Å². The second-order valence-corrected chi connectivity index (χ2v) is 6.03. The number of benzene rings is 1. The van der Waals surface area contributed by atoms with Crippen LogP contribution in [0.5, 0.6) is 0 Å². The number of rotatable bonds is 6. The first kappa shape index (κ1) is 17.1. The Labute approximate surface area is 137 Å². The number of nitrogen functional groups attached to an aromatic ring is 1. The van der Waals surface area contributed by atoms with Crippen LogP contribution >= 0.6 is 11.6 Å². The van der Waals surface area contributed by atoms with Crippen LogP contribution in [0.4, 0.5) is 5.69 Å². The zero-order chi connectivity index (χ0) is 15.9. The second kappa shape index (κ2) is 8.36. The predicted octanol–water partition coefficient (Wildman–Crippen LogP) is 1.68. The molecule has 0 bridgehead atoms. The van der Waals surface area contributed by atoms with Crippen molar-refractivity contribution >= 4 is 23.2 Å². The van der Waals surface area contributed by atoms with Crippen LogP contribution in [0.2, 0.25) is 5.02 Å². The summed E-state index contributed by atoms with van der Waals surface area (Å²) in [6.07, 6.45) is 0.959. The van der Waals surface area contributed by atoms with Crippen molar-refractivity contribution in [2.24, 2.45) is 0 Å². The SMILES string of the molecule is CCN1CCN(CCCNC(=O)c2ccc(Cl)c(N)c2)CC1. The average Bonchev–Trinajstić information content (AvgIpc) is 2.54. The van der Waals surface area contributed by atoms with Gasteiger partial charge in [0.1, 0.15) is 0 Å². The van der Waals surface area contributed by atoms with Crippen molar-refractivity contribution in [3.05, 3.63) is 28.8 Å². The molecule has 1 aliphatic heterocycles. The molecule has 0 aliphatic carbocycles. The highest BCUT2D eigenvalue weighted by Gasteiger charge is 2.14. The van der Waals surface area contributed by atoms with E-state index in [4.69, 9.17) is 17.3 Å². The molecule has 1 fully saturated rings. The van der Waals surface area contributed by atoms with E-state index in [9.17, 15) is 4.79 Å². The van der Waals surface area contributed by atoms with Crippen LogP contribution in [-0.2, 0) is 0 Å². The summed E-state index contributed by atoms with van der Waals surface area (Å²) in [6, 6.07) is 4.96. The minimum atomic E-state index is -0.0980. The smallest absolute Gasteiger partial charge is 0.251 e. The lowest BCUT2D eigenvalue weighted by molar-refractivity contribution is 0.0948. The molecule has 0 spiro atoms. The molecule has 1 heterocycles. The number of amides is 1. The summed E-state index contributed by atoms with van der Waals surface area (Å²) in [5.41, 5.74) is 6.70. The lowest BCUT2D eigenvalue weighted by Crippen LogP contribution is -2.46. The Morgan fingerprint density at radius 3 is 2.59 bits per heavy atom. The number of carbonyl (C=O) groups is 1. The fourth-order valence-corrected chi connectivity index (χ4v) is 2.74. The molecule has 1 aromatic carbocycles. The van der Waals surface area contributed by atoms with Gasteiger partial charge in [0.2, 0.25) is 0 Å². The third-order valence-corrected chi connectivity index (χ3v) is 4.45. The molecule has 22 heavy (non-hydrogen) atoms. The summed E-state index contributed by atoms with van der Waals surface area (Å²) < 4.78 is 0. The van der Waals surface area contributed by atoms with E-state index in [-0.39, 0.29) is 5.91 Å². The molecular formula is C16H25ClN4O. The van der Waals surface area contributed by atoms with Crippen molar-refractivity contribution in [3.63, 3.8) is 0 Å². The monoisotopic (exact) mass is 324 g/mol. The van der Waals surface area contributed by atoms with Crippen LogP contribution in [0.25, 0.3) is 0 Å². The van der Waals surface area contributed by atoms with Crippen molar-refractivity contribution in [1.29, 1.82) is 0 Å². The van der Waals surface area contributed by atoms with Crippen molar-refractivity contribution in [1.82, 2.24) is 15.1 Å². The minimum absolute atomic E-state index is 0.0980. The largest absolute Gasteiger partial charge is 0.398 e. The lowest BCUT2D eigenvalue weighted by Gasteiger charge is -2.33. The Hall–Kier alpha value is -1.30. The number of nitrogens with one attached hydrogen (secondary N) is 1. The molecular weight excluding hydrogens is 300 g/mol. The summed E-state index contributed by atoms with van der Waals surface area (Å²) >= 11 is 5.85. The third kappa shape index (κ3) is 4.87. The maximum atomic E-state index is 12.0. The topological polar surface area (TPSA) is 61.6 Å². The van der Waals surface area contributed by atoms with Gasteiger partial charge < -0.3 is 20.9 Å². The second-order valence-electron chi connectivity index (χ2n) is 5.62. The van der Waals surface area contributed by atoms with Gasteiger partial charge in [-0.2, -0.15) is 0 Å². The van der Waals surface area contributed by atoms with E-state index >= 15 is 0 Å². The van der Waals surface area contributed by atoms with Gasteiger partial charge in [-0.25, -0.2) is 0 Å². The standard InChI is InChI=1S/C16H25ClN4O/c1-2-20-8-10-21(11-9-20)7-3-6-19-16(22)13-4-5-14(17)15(18)12-13/h4-5,12H,2-3,6-11,18H2,1H3,(H,19,22). The van der Waals surface area contributed by atoms with Gasteiger partial charge in [-0.1, -0.05) is 18.5 Å². The molecule has 0 saturated carbocycles. The van der Waals surface area contributed by atoms with Crippen LogP contribution in [0.3, 0.4) is 0 Å². The molecule has 5 nitrogen and oxygen atoms in total. The molecule has 1 aliphatic rings. The number of nitrogens with zero attached hydrogens (tertiary/aromatic N) is 2. The van der Waals surface area contributed by atoms with Crippen molar-refractivity contribution in [2.75, 3.05) is 51.5 Å². The molecule has 0 aromatic heterocycles. The number of hydrogen-bond donors (Lipinski definition) is 2. The summed E-state index contributed by atoms with van der Waals surface area (Å²) in [4.78, 5) is 16.9. The van der Waals surface area contributed by atoms with Gasteiger partial charge >= 0.3 is 0 Å². The van der Waals surface area contributed by atoms with Gasteiger partial charge in [-0.15, -0.1) is 0 Å². The summed E-state index contributed by atoms with van der Waals surface area (Å²) in [5.74, 6) is -0.0980. The van der Waals surface area contributed by atoms with Gasteiger partial charge in [0.15, 0.2) is 0 Å². The van der Waals surface area contributed by atoms with Gasteiger partial charge in [0.05, 0.1) is 10.7 Å². The number of carbonyl (C=O) groups excluding carboxylic acids is 1. The number of anilines is 1. The van der Waals surface area contributed by atoms with E-state index < -0.39 is 0 Å². The Bertz CT molecular complexity index is 501. The molecule has 122 valence electrons. The Balaban J connectivity index is 1.66. The zero-order valence-electron chi connectivity index (χ0n) is 13.1. The molecule has 1 amide bonds. The molecule has 0 radical (unpaired) electrons. The lowest BCUT2D eigenvalue weighted by atomic mass is 10.2. The van der Waals surface area contributed by atoms with E-state index in [1.807, 2.05) is 0 Å². The zero-order valence-corrected chi connectivity index (χ0v) is 13.9. The molecule has 0 atom stereocenters. The van der Waals surface area contributed by atoms with E-state index in [0.717, 1.165) is 45.7 Å². The summed E-state index contributed by atoms with van der Waals surface area (Å²) in [5, 5.41) is 3.41. The Morgan fingerprint density at radius 2 is 1.95 bits per heavy atom. The van der Waals surface area contributed by atoms with Crippen molar-refractivity contribution in [2.45, 2.75) is 13.3 Å². The third-order valence-electron chi connectivity index (χ3n) is 4.11. The normalized spacial score (nSPS) is 16.6. The number of halogens is 1. The number of hydrogen-bond acceptors (Lipinski definition) is 4. The Morgan fingerprint density at radius 1 is 1.27 bits per heavy atom. The summed E-state index contributed by atoms with van der Waals surface area (Å²) in [7, 11) is 0. The van der Waals surface area contributed by atoms with Gasteiger partial charge in [-0.05, 0) is 37.7 Å². The number of likely N-dealkylation sites (N-methyl/N-ethyl adjacent to an activating group) is 1. The highest BCUT2D eigenvalue weighted by atomic mass is 35.5. The van der Waals surface area contributed by atoms with Crippen LogP contribution in [0, 0.1) is 0 Å². The fraction of sp³-hybridized carbons (Fsp3) is 0.562. The van der Waals surface area contributed by atoms with Gasteiger partial charge in [0, 0.05) is 38.3 Å². The van der Waals surface area contributed by atoms with Crippen molar-refractivity contribution in [3.8, 4) is 0 Å². The molecule has 3 N–H and O–H groups in total. The molecule has 0 unspecified atom stereocenters. The van der Waals surface area contributed by atoms with Crippen LogP contribution in [0.15, 0.2) is 18.2 Å². The highest BCUT2D eigenvalue weighted by molar-refractivity contribution is 6.33. The quantitative estimate of drug-likeness (QED) is 0.617. The van der Waals surface area contributed by atoms with Gasteiger partial charge in [0.25, 0.3) is 5.91 Å². The van der Waals surface area contributed by atoms with Crippen LogP contribution < -0.4 is 11.1 Å². The minimum Gasteiger partial charge on any atom is -0.398 e.